The fraction of sp³-hybridized carbons (Fsp3) is 0.105. The Morgan fingerprint density at radius 2 is 2.04 bits per heavy atom. The van der Waals surface area contributed by atoms with Gasteiger partial charge in [0.05, 0.1) is 21.2 Å². The van der Waals surface area contributed by atoms with Crippen LogP contribution in [-0.4, -0.2) is 38.7 Å². The fourth-order valence-electron chi connectivity index (χ4n) is 2.53. The highest BCUT2D eigenvalue weighted by atomic mass is 35.5. The van der Waals surface area contributed by atoms with Crippen LogP contribution in [0, 0.1) is 0 Å². The van der Waals surface area contributed by atoms with Crippen LogP contribution in [0.2, 0.25) is 10.0 Å². The number of hydrogen-bond acceptors (Lipinski definition) is 5. The van der Waals surface area contributed by atoms with Gasteiger partial charge in [-0.25, -0.2) is 9.79 Å². The number of phenolic OH excluding ortho intramolecular Hbond substituents is 1. The zero-order valence-electron chi connectivity index (χ0n) is 14.5. The molecule has 2 N–H and O–H groups in total. The van der Waals surface area contributed by atoms with Crippen LogP contribution in [0.15, 0.2) is 46.3 Å². The van der Waals surface area contributed by atoms with E-state index in [0.717, 1.165) is 11.8 Å². The van der Waals surface area contributed by atoms with Crippen molar-refractivity contribution in [3.05, 3.63) is 62.5 Å². The van der Waals surface area contributed by atoms with Crippen molar-refractivity contribution < 1.29 is 19.8 Å². The Bertz CT molecular complexity index is 1040. The maximum Gasteiger partial charge on any atom is 0.335 e. The molecule has 1 amide bonds. The molecule has 2 aromatic rings. The Kier molecular flexibility index (Phi) is 5.98. The number of phenols is 1. The number of amides is 1. The Balaban J connectivity index is 1.99. The summed E-state index contributed by atoms with van der Waals surface area (Å²) in [6.45, 7) is 2.18. The molecule has 0 atom stereocenters. The van der Waals surface area contributed by atoms with Gasteiger partial charge in [0, 0.05) is 17.1 Å². The SMILES string of the molecule is CCN1C(=O)/C(=C/c2cc(Cl)cc(Cl)c2O)SC1=Nc1cccc(C(=O)O)c1. The highest BCUT2D eigenvalue weighted by molar-refractivity contribution is 8.18. The van der Waals surface area contributed by atoms with E-state index in [1.165, 1.54) is 35.2 Å². The number of nitrogens with zero attached hydrogens (tertiary/aromatic N) is 2. The summed E-state index contributed by atoms with van der Waals surface area (Å²) in [6.07, 6.45) is 1.50. The van der Waals surface area contributed by atoms with Crippen LogP contribution in [0.3, 0.4) is 0 Å². The van der Waals surface area contributed by atoms with Crippen molar-refractivity contribution in [1.29, 1.82) is 0 Å². The number of carboxylic acid groups (broad SMARTS) is 1. The molecule has 0 aromatic heterocycles. The van der Waals surface area contributed by atoms with Crippen LogP contribution >= 0.6 is 35.0 Å². The number of amidine groups is 1. The van der Waals surface area contributed by atoms with Crippen LogP contribution in [0.25, 0.3) is 6.08 Å². The molecule has 0 bridgehead atoms. The number of halogens is 2. The highest BCUT2D eigenvalue weighted by Crippen LogP contribution is 2.38. The van der Waals surface area contributed by atoms with Gasteiger partial charge in [0.15, 0.2) is 5.17 Å². The molecule has 1 saturated heterocycles. The van der Waals surface area contributed by atoms with Gasteiger partial charge in [-0.05, 0) is 55.1 Å². The van der Waals surface area contributed by atoms with E-state index in [9.17, 15) is 14.7 Å². The predicted octanol–water partition coefficient (Wildman–Crippen LogP) is 5.02. The van der Waals surface area contributed by atoms with E-state index in [0.29, 0.717) is 32.9 Å². The second-order valence-corrected chi connectivity index (χ2v) is 7.59. The van der Waals surface area contributed by atoms with E-state index in [1.807, 2.05) is 0 Å². The van der Waals surface area contributed by atoms with E-state index < -0.39 is 5.97 Å². The first-order valence-corrected chi connectivity index (χ1v) is 9.69. The molecule has 1 heterocycles. The van der Waals surface area contributed by atoms with E-state index in [2.05, 4.69) is 4.99 Å². The Morgan fingerprint density at radius 3 is 2.71 bits per heavy atom. The molecule has 2 aromatic carbocycles. The van der Waals surface area contributed by atoms with Crippen LogP contribution in [0.1, 0.15) is 22.8 Å². The summed E-state index contributed by atoms with van der Waals surface area (Å²) in [4.78, 5) is 30.1. The fourth-order valence-corrected chi connectivity index (χ4v) is 4.09. The Hall–Kier alpha value is -2.48. The van der Waals surface area contributed by atoms with E-state index in [-0.39, 0.29) is 22.2 Å². The summed E-state index contributed by atoms with van der Waals surface area (Å²) >= 11 is 13.0. The average Bonchev–Trinajstić information content (AvgIpc) is 2.93. The molecule has 1 fully saturated rings. The first-order chi connectivity index (χ1) is 13.3. The number of likely N-dealkylation sites (N-methyl/N-ethyl adjacent to an activating group) is 1. The lowest BCUT2D eigenvalue weighted by Gasteiger charge is -2.12. The molecule has 0 aliphatic carbocycles. The van der Waals surface area contributed by atoms with Crippen LogP contribution in [-0.2, 0) is 4.79 Å². The zero-order chi connectivity index (χ0) is 20.4. The highest BCUT2D eigenvalue weighted by Gasteiger charge is 2.32. The topological polar surface area (TPSA) is 90.2 Å². The zero-order valence-corrected chi connectivity index (χ0v) is 16.8. The van der Waals surface area contributed by atoms with Gasteiger partial charge >= 0.3 is 5.97 Å². The molecule has 0 radical (unpaired) electrons. The van der Waals surface area contributed by atoms with Crippen LogP contribution in [0.5, 0.6) is 5.75 Å². The molecule has 9 heteroatoms. The standard InChI is InChI=1S/C19H14Cl2N2O4S/c1-2-23-17(25)15(8-11-6-12(20)9-14(21)16(11)24)28-19(23)22-13-5-3-4-10(7-13)18(26)27/h3-9,24H,2H2,1H3,(H,26,27)/b15-8-,22-19?. The van der Waals surface area contributed by atoms with Crippen molar-refractivity contribution in [1.82, 2.24) is 4.90 Å². The summed E-state index contributed by atoms with van der Waals surface area (Å²) in [5.41, 5.74) is 0.843. The monoisotopic (exact) mass is 436 g/mol. The number of aromatic carboxylic acids is 1. The van der Waals surface area contributed by atoms with Gasteiger partial charge in [0.2, 0.25) is 0 Å². The normalized spacial score (nSPS) is 17.0. The van der Waals surface area contributed by atoms with Gasteiger partial charge < -0.3 is 10.2 Å². The summed E-state index contributed by atoms with van der Waals surface area (Å²) in [6, 6.07) is 9.05. The number of rotatable bonds is 4. The summed E-state index contributed by atoms with van der Waals surface area (Å²) in [7, 11) is 0. The summed E-state index contributed by atoms with van der Waals surface area (Å²) in [5.74, 6) is -1.51. The number of hydrogen-bond donors (Lipinski definition) is 2. The number of carbonyl (C=O) groups excluding carboxylic acids is 1. The first kappa shape index (κ1) is 20.3. The van der Waals surface area contributed by atoms with E-state index >= 15 is 0 Å². The molecule has 1 aliphatic rings. The van der Waals surface area contributed by atoms with Crippen molar-refractivity contribution in [2.45, 2.75) is 6.92 Å². The minimum Gasteiger partial charge on any atom is -0.506 e. The van der Waals surface area contributed by atoms with Crippen LogP contribution < -0.4 is 0 Å². The Morgan fingerprint density at radius 1 is 1.29 bits per heavy atom. The largest absolute Gasteiger partial charge is 0.506 e. The van der Waals surface area contributed by atoms with Crippen molar-refractivity contribution in [3.8, 4) is 5.75 Å². The number of carbonyl (C=O) groups is 2. The van der Waals surface area contributed by atoms with Crippen molar-refractivity contribution in [2.24, 2.45) is 4.99 Å². The average molecular weight is 437 g/mol. The Labute approximate surface area is 175 Å². The molecule has 0 unspecified atom stereocenters. The summed E-state index contributed by atoms with van der Waals surface area (Å²) < 4.78 is 0. The van der Waals surface area contributed by atoms with Gasteiger partial charge in [0.25, 0.3) is 5.91 Å². The first-order valence-electron chi connectivity index (χ1n) is 8.11. The smallest absolute Gasteiger partial charge is 0.335 e. The molecule has 144 valence electrons. The molecule has 1 aliphatic heterocycles. The lowest BCUT2D eigenvalue weighted by atomic mass is 10.2. The van der Waals surface area contributed by atoms with Gasteiger partial charge in [0.1, 0.15) is 5.75 Å². The number of aromatic hydroxyl groups is 1. The van der Waals surface area contributed by atoms with Gasteiger partial charge in [-0.1, -0.05) is 29.3 Å². The maximum atomic E-state index is 12.7. The van der Waals surface area contributed by atoms with Crippen molar-refractivity contribution in [3.63, 3.8) is 0 Å². The molecule has 28 heavy (non-hydrogen) atoms. The second-order valence-electron chi connectivity index (χ2n) is 5.74. The van der Waals surface area contributed by atoms with Crippen molar-refractivity contribution >= 4 is 63.8 Å². The minimum atomic E-state index is -1.06. The molecule has 6 nitrogen and oxygen atoms in total. The molecular formula is C19H14Cl2N2O4S. The van der Waals surface area contributed by atoms with Crippen molar-refractivity contribution in [2.75, 3.05) is 6.54 Å². The van der Waals surface area contributed by atoms with Gasteiger partial charge in [-0.2, -0.15) is 0 Å². The van der Waals surface area contributed by atoms with Gasteiger partial charge in [-0.15, -0.1) is 0 Å². The summed E-state index contributed by atoms with van der Waals surface area (Å²) in [5, 5.41) is 20.1. The lowest BCUT2D eigenvalue weighted by Crippen LogP contribution is -2.28. The van der Waals surface area contributed by atoms with Crippen LogP contribution in [0.4, 0.5) is 5.69 Å². The number of aliphatic imine (C=N–C) groups is 1. The van der Waals surface area contributed by atoms with E-state index in [1.54, 1.807) is 19.1 Å². The lowest BCUT2D eigenvalue weighted by molar-refractivity contribution is -0.122. The number of benzene rings is 2. The molecule has 3 rings (SSSR count). The minimum absolute atomic E-state index is 0.0847. The third kappa shape index (κ3) is 4.16. The molecule has 0 saturated carbocycles. The quantitative estimate of drug-likeness (QED) is 0.656. The number of thioether (sulfide) groups is 1. The third-order valence-electron chi connectivity index (χ3n) is 3.87. The van der Waals surface area contributed by atoms with E-state index in [4.69, 9.17) is 28.3 Å². The second kappa shape index (κ2) is 8.26. The third-order valence-corrected chi connectivity index (χ3v) is 5.38. The number of carboxylic acids is 1. The predicted molar refractivity (Wildman–Crippen MR) is 112 cm³/mol. The molecule has 0 spiro atoms. The van der Waals surface area contributed by atoms with Gasteiger partial charge in [-0.3, -0.25) is 9.69 Å². The maximum absolute atomic E-state index is 12.7. The molecular weight excluding hydrogens is 423 g/mol.